The molecule has 4 heteroatoms. The zero-order chi connectivity index (χ0) is 13.5. The number of nitrogens with one attached hydrogen (secondary N) is 1. The highest BCUT2D eigenvalue weighted by Gasteiger charge is 2.12. The van der Waals surface area contributed by atoms with Gasteiger partial charge < -0.3 is 10.2 Å². The summed E-state index contributed by atoms with van der Waals surface area (Å²) in [4.78, 5) is 14.0. The SMILES string of the molecule is CCCN(CCC)C(=O)Nc1ccc(C)cc1Br. The first-order chi connectivity index (χ1) is 8.58. The molecule has 18 heavy (non-hydrogen) atoms. The first kappa shape index (κ1) is 15.0. The van der Waals surface area contributed by atoms with Gasteiger partial charge in [0.1, 0.15) is 0 Å². The van der Waals surface area contributed by atoms with E-state index in [1.807, 2.05) is 30.0 Å². The van der Waals surface area contributed by atoms with Crippen LogP contribution in [0.1, 0.15) is 32.3 Å². The molecule has 0 atom stereocenters. The molecule has 100 valence electrons. The number of carbonyl (C=O) groups excluding carboxylic acids is 1. The van der Waals surface area contributed by atoms with Gasteiger partial charge in [0.2, 0.25) is 0 Å². The number of rotatable bonds is 5. The number of nitrogens with zero attached hydrogens (tertiary/aromatic N) is 1. The lowest BCUT2D eigenvalue weighted by Crippen LogP contribution is -2.36. The van der Waals surface area contributed by atoms with Crippen molar-refractivity contribution in [1.82, 2.24) is 4.90 Å². The van der Waals surface area contributed by atoms with E-state index in [1.54, 1.807) is 0 Å². The maximum absolute atomic E-state index is 12.1. The Kier molecular flexibility index (Phi) is 6.19. The lowest BCUT2D eigenvalue weighted by atomic mass is 10.2. The Bertz CT molecular complexity index is 401. The predicted octanol–water partition coefficient (Wildman–Crippen LogP) is 4.41. The first-order valence-electron chi connectivity index (χ1n) is 6.40. The van der Waals surface area contributed by atoms with Crippen molar-refractivity contribution in [1.29, 1.82) is 0 Å². The van der Waals surface area contributed by atoms with E-state index in [4.69, 9.17) is 0 Å². The predicted molar refractivity (Wildman–Crippen MR) is 80.1 cm³/mol. The van der Waals surface area contributed by atoms with Crippen LogP contribution in [-0.2, 0) is 0 Å². The largest absolute Gasteiger partial charge is 0.325 e. The van der Waals surface area contributed by atoms with Gasteiger partial charge in [0, 0.05) is 17.6 Å². The molecule has 0 spiro atoms. The summed E-state index contributed by atoms with van der Waals surface area (Å²) >= 11 is 3.47. The van der Waals surface area contributed by atoms with Gasteiger partial charge >= 0.3 is 6.03 Å². The first-order valence-corrected chi connectivity index (χ1v) is 7.19. The van der Waals surface area contributed by atoms with Crippen LogP contribution in [0.4, 0.5) is 10.5 Å². The molecule has 0 aromatic heterocycles. The average molecular weight is 313 g/mol. The molecule has 1 rings (SSSR count). The summed E-state index contributed by atoms with van der Waals surface area (Å²) in [5, 5.41) is 2.95. The molecule has 2 amide bonds. The van der Waals surface area contributed by atoms with Crippen LogP contribution in [0.5, 0.6) is 0 Å². The van der Waals surface area contributed by atoms with E-state index >= 15 is 0 Å². The fraction of sp³-hybridized carbons (Fsp3) is 0.500. The Morgan fingerprint density at radius 3 is 2.39 bits per heavy atom. The minimum Gasteiger partial charge on any atom is -0.325 e. The highest BCUT2D eigenvalue weighted by Crippen LogP contribution is 2.23. The van der Waals surface area contributed by atoms with Crippen molar-refractivity contribution in [3.8, 4) is 0 Å². The summed E-state index contributed by atoms with van der Waals surface area (Å²) in [6.07, 6.45) is 1.95. The number of urea groups is 1. The molecule has 0 aliphatic rings. The van der Waals surface area contributed by atoms with E-state index in [2.05, 4.69) is 35.1 Å². The molecule has 0 radical (unpaired) electrons. The highest BCUT2D eigenvalue weighted by molar-refractivity contribution is 9.10. The number of halogens is 1. The number of carbonyl (C=O) groups is 1. The standard InChI is InChI=1S/C14H21BrN2O/c1-4-8-17(9-5-2)14(18)16-13-7-6-11(3)10-12(13)15/h6-7,10H,4-5,8-9H2,1-3H3,(H,16,18). The quantitative estimate of drug-likeness (QED) is 0.858. The molecule has 3 nitrogen and oxygen atoms in total. The highest BCUT2D eigenvalue weighted by atomic mass is 79.9. The smallest absolute Gasteiger partial charge is 0.321 e. The number of benzene rings is 1. The van der Waals surface area contributed by atoms with Crippen molar-refractivity contribution >= 4 is 27.6 Å². The van der Waals surface area contributed by atoms with Crippen molar-refractivity contribution in [2.45, 2.75) is 33.6 Å². The lowest BCUT2D eigenvalue weighted by Gasteiger charge is -2.22. The van der Waals surface area contributed by atoms with Crippen molar-refractivity contribution < 1.29 is 4.79 Å². The fourth-order valence-electron chi connectivity index (χ4n) is 1.77. The van der Waals surface area contributed by atoms with Crippen LogP contribution in [0.2, 0.25) is 0 Å². The van der Waals surface area contributed by atoms with Crippen molar-refractivity contribution in [3.05, 3.63) is 28.2 Å². The van der Waals surface area contributed by atoms with Gasteiger partial charge in [-0.15, -0.1) is 0 Å². The third kappa shape index (κ3) is 4.33. The van der Waals surface area contributed by atoms with Gasteiger partial charge in [0.25, 0.3) is 0 Å². The lowest BCUT2D eigenvalue weighted by molar-refractivity contribution is 0.211. The van der Waals surface area contributed by atoms with Gasteiger partial charge in [-0.05, 0) is 53.4 Å². The van der Waals surface area contributed by atoms with Crippen LogP contribution in [-0.4, -0.2) is 24.0 Å². The summed E-state index contributed by atoms with van der Waals surface area (Å²) < 4.78 is 0.920. The third-order valence-electron chi connectivity index (χ3n) is 2.64. The molecule has 0 unspecified atom stereocenters. The minimum atomic E-state index is -0.0248. The third-order valence-corrected chi connectivity index (χ3v) is 3.30. The summed E-state index contributed by atoms with van der Waals surface area (Å²) in [6, 6.07) is 5.89. The van der Waals surface area contributed by atoms with Gasteiger partial charge in [0.05, 0.1) is 5.69 Å². The molecule has 0 saturated carbocycles. The van der Waals surface area contributed by atoms with Gasteiger partial charge in [0.15, 0.2) is 0 Å². The second-order valence-electron chi connectivity index (χ2n) is 4.40. The monoisotopic (exact) mass is 312 g/mol. The number of amides is 2. The Labute approximate surface area is 118 Å². The maximum atomic E-state index is 12.1. The normalized spacial score (nSPS) is 10.2. The van der Waals surface area contributed by atoms with E-state index in [-0.39, 0.29) is 6.03 Å². The van der Waals surface area contributed by atoms with E-state index < -0.39 is 0 Å². The Hall–Kier alpha value is -1.03. The van der Waals surface area contributed by atoms with Crippen LogP contribution < -0.4 is 5.32 Å². The van der Waals surface area contributed by atoms with Gasteiger partial charge in [-0.2, -0.15) is 0 Å². The molecule has 1 aromatic carbocycles. The van der Waals surface area contributed by atoms with Crippen molar-refractivity contribution in [2.75, 3.05) is 18.4 Å². The Balaban J connectivity index is 2.72. The molecular formula is C14H21BrN2O. The molecule has 0 heterocycles. The summed E-state index contributed by atoms with van der Waals surface area (Å²) in [5.41, 5.74) is 1.99. The zero-order valence-corrected chi connectivity index (χ0v) is 12.9. The molecule has 1 aromatic rings. The van der Waals surface area contributed by atoms with Crippen LogP contribution >= 0.6 is 15.9 Å². The summed E-state index contributed by atoms with van der Waals surface area (Å²) in [5.74, 6) is 0. The van der Waals surface area contributed by atoms with Gasteiger partial charge in [-0.25, -0.2) is 4.79 Å². The number of hydrogen-bond acceptors (Lipinski definition) is 1. The second-order valence-corrected chi connectivity index (χ2v) is 5.25. The molecule has 0 bridgehead atoms. The van der Waals surface area contributed by atoms with Crippen LogP contribution in [0, 0.1) is 6.92 Å². The van der Waals surface area contributed by atoms with Gasteiger partial charge in [-0.1, -0.05) is 19.9 Å². The number of aryl methyl sites for hydroxylation is 1. The molecular weight excluding hydrogens is 292 g/mol. The topological polar surface area (TPSA) is 32.3 Å². The van der Waals surface area contributed by atoms with Crippen LogP contribution in [0.25, 0.3) is 0 Å². The van der Waals surface area contributed by atoms with E-state index in [0.717, 1.165) is 36.1 Å². The molecule has 0 fully saturated rings. The summed E-state index contributed by atoms with van der Waals surface area (Å²) in [7, 11) is 0. The zero-order valence-electron chi connectivity index (χ0n) is 11.3. The number of hydrogen-bond donors (Lipinski definition) is 1. The Morgan fingerprint density at radius 2 is 1.89 bits per heavy atom. The average Bonchev–Trinajstić information content (AvgIpc) is 2.32. The van der Waals surface area contributed by atoms with Crippen molar-refractivity contribution in [2.24, 2.45) is 0 Å². The van der Waals surface area contributed by atoms with E-state index in [0.29, 0.717) is 0 Å². The molecule has 0 aliphatic heterocycles. The fourth-order valence-corrected chi connectivity index (χ4v) is 2.36. The van der Waals surface area contributed by atoms with Gasteiger partial charge in [-0.3, -0.25) is 0 Å². The van der Waals surface area contributed by atoms with Crippen molar-refractivity contribution in [3.63, 3.8) is 0 Å². The number of anilines is 1. The Morgan fingerprint density at radius 1 is 1.28 bits per heavy atom. The minimum absolute atomic E-state index is 0.0248. The molecule has 1 N–H and O–H groups in total. The van der Waals surface area contributed by atoms with E-state index in [9.17, 15) is 4.79 Å². The van der Waals surface area contributed by atoms with Crippen LogP contribution in [0.15, 0.2) is 22.7 Å². The second kappa shape index (κ2) is 7.41. The molecule has 0 saturated heterocycles. The molecule has 0 aliphatic carbocycles. The maximum Gasteiger partial charge on any atom is 0.321 e. The summed E-state index contributed by atoms with van der Waals surface area (Å²) in [6.45, 7) is 7.78. The van der Waals surface area contributed by atoms with Crippen LogP contribution in [0.3, 0.4) is 0 Å². The van der Waals surface area contributed by atoms with E-state index in [1.165, 1.54) is 5.56 Å².